The fourth-order valence-electron chi connectivity index (χ4n) is 4.28. The minimum Gasteiger partial charge on any atom is -0.244 e. The molecule has 0 aliphatic heterocycles. The summed E-state index contributed by atoms with van der Waals surface area (Å²) in [6.07, 6.45) is 5.16. The van der Waals surface area contributed by atoms with Gasteiger partial charge in [-0.1, -0.05) is 0 Å². The van der Waals surface area contributed by atoms with Gasteiger partial charge in [-0.05, 0) is 43.9 Å². The van der Waals surface area contributed by atoms with Crippen molar-refractivity contribution in [1.82, 2.24) is 0 Å². The number of hydrogen-bond acceptors (Lipinski definition) is 1. The van der Waals surface area contributed by atoms with Crippen LogP contribution in [-0.4, -0.2) is 5.67 Å². The van der Waals surface area contributed by atoms with E-state index >= 15 is 0 Å². The molecule has 1 nitrogen and oxygen atoms in total. The summed E-state index contributed by atoms with van der Waals surface area (Å²) >= 11 is 0. The fraction of sp³-hybridized carbons (Fsp3) is 0.909. The molecule has 4 bridgehead atoms. The molecule has 0 heterocycles. The lowest BCUT2D eigenvalue weighted by Crippen LogP contribution is -2.52. The van der Waals surface area contributed by atoms with Gasteiger partial charge in [0.15, 0.2) is 0 Å². The average molecular weight is 179 g/mol. The van der Waals surface area contributed by atoms with Crippen molar-refractivity contribution >= 4 is 0 Å². The number of nitrogens with zero attached hydrogens (tertiary/aromatic N) is 1. The van der Waals surface area contributed by atoms with Crippen LogP contribution in [0.1, 0.15) is 38.5 Å². The maximum absolute atomic E-state index is 14.2. The Bertz CT molecular complexity index is 277. The molecule has 13 heavy (non-hydrogen) atoms. The van der Waals surface area contributed by atoms with Crippen LogP contribution in [0.3, 0.4) is 0 Å². The van der Waals surface area contributed by atoms with Gasteiger partial charge in [0, 0.05) is 6.42 Å². The second-order valence-corrected chi connectivity index (χ2v) is 5.50. The van der Waals surface area contributed by atoms with E-state index in [-0.39, 0.29) is 5.41 Å². The Morgan fingerprint density at radius 2 is 1.77 bits per heavy atom. The normalized spacial score (nSPS) is 57.8. The molecule has 0 N–H and O–H groups in total. The Balaban J connectivity index is 2.01. The van der Waals surface area contributed by atoms with Gasteiger partial charge >= 0.3 is 0 Å². The van der Waals surface area contributed by atoms with Crippen LogP contribution in [0.2, 0.25) is 0 Å². The molecule has 0 radical (unpaired) electrons. The maximum atomic E-state index is 14.2. The highest BCUT2D eigenvalue weighted by Crippen LogP contribution is 2.62. The standard InChI is InChI=1S/C11H14FN/c12-11-4-8-1-9(5-11)3-10(2-8,6-11)7-13/h8-9H,1-6H2/t8-,9+,10?,11?. The summed E-state index contributed by atoms with van der Waals surface area (Å²) in [5.74, 6) is 1.04. The lowest BCUT2D eigenvalue weighted by atomic mass is 9.49. The Morgan fingerprint density at radius 1 is 1.15 bits per heavy atom. The third-order valence-electron chi connectivity index (χ3n) is 4.23. The summed E-state index contributed by atoms with van der Waals surface area (Å²) < 4.78 is 14.2. The number of rotatable bonds is 0. The molecule has 0 spiro atoms. The molecule has 2 unspecified atom stereocenters. The smallest absolute Gasteiger partial charge is 0.113 e. The van der Waals surface area contributed by atoms with Crippen molar-refractivity contribution in [3.63, 3.8) is 0 Å². The molecular formula is C11H14FN. The third kappa shape index (κ3) is 0.964. The Hall–Kier alpha value is -0.580. The summed E-state index contributed by atoms with van der Waals surface area (Å²) in [5, 5.41) is 9.13. The zero-order chi connectivity index (χ0) is 9.10. The SMILES string of the molecule is N#CC12C[C@@H]3C[C@@H](CC(F)(C3)C1)C2. The Morgan fingerprint density at radius 3 is 2.23 bits per heavy atom. The van der Waals surface area contributed by atoms with Crippen molar-refractivity contribution in [2.24, 2.45) is 17.3 Å². The van der Waals surface area contributed by atoms with Gasteiger partial charge in [-0.15, -0.1) is 0 Å². The average Bonchev–Trinajstić information content (AvgIpc) is 1.99. The summed E-state index contributed by atoms with van der Waals surface area (Å²) in [7, 11) is 0. The summed E-state index contributed by atoms with van der Waals surface area (Å²) in [5.41, 5.74) is -1.22. The molecule has 4 saturated carbocycles. The van der Waals surface area contributed by atoms with Crippen molar-refractivity contribution in [3.05, 3.63) is 0 Å². The summed E-state index contributed by atoms with van der Waals surface area (Å²) in [4.78, 5) is 0. The lowest BCUT2D eigenvalue weighted by molar-refractivity contribution is -0.0998. The van der Waals surface area contributed by atoms with Gasteiger partial charge in [0.2, 0.25) is 0 Å². The van der Waals surface area contributed by atoms with Gasteiger partial charge in [-0.2, -0.15) is 5.26 Å². The topological polar surface area (TPSA) is 23.8 Å². The molecule has 2 heteroatoms. The van der Waals surface area contributed by atoms with Crippen LogP contribution in [0.25, 0.3) is 0 Å². The highest BCUT2D eigenvalue weighted by Gasteiger charge is 2.58. The first kappa shape index (κ1) is 7.79. The van der Waals surface area contributed by atoms with E-state index in [1.807, 2.05) is 0 Å². The monoisotopic (exact) mass is 179 g/mol. The third-order valence-corrected chi connectivity index (χ3v) is 4.23. The largest absolute Gasteiger partial charge is 0.244 e. The van der Waals surface area contributed by atoms with Gasteiger partial charge < -0.3 is 0 Å². The van der Waals surface area contributed by atoms with Crippen molar-refractivity contribution in [2.45, 2.75) is 44.2 Å². The number of hydrogen-bond donors (Lipinski definition) is 0. The molecule has 0 amide bonds. The second kappa shape index (κ2) is 2.08. The van der Waals surface area contributed by atoms with E-state index in [4.69, 9.17) is 5.26 Å². The molecule has 4 fully saturated rings. The summed E-state index contributed by atoms with van der Waals surface area (Å²) in [6.45, 7) is 0. The van der Waals surface area contributed by atoms with Crippen LogP contribution in [0.15, 0.2) is 0 Å². The predicted octanol–water partition coefficient (Wildman–Crippen LogP) is 2.82. The molecule has 0 aromatic carbocycles. The minimum absolute atomic E-state index is 0.265. The molecule has 4 atom stereocenters. The molecule has 0 aromatic heterocycles. The Kier molecular flexibility index (Phi) is 1.25. The van der Waals surface area contributed by atoms with E-state index in [2.05, 4.69) is 6.07 Å². The fourth-order valence-corrected chi connectivity index (χ4v) is 4.28. The predicted molar refractivity (Wildman–Crippen MR) is 46.6 cm³/mol. The first-order valence-corrected chi connectivity index (χ1v) is 5.23. The number of nitriles is 1. The first-order chi connectivity index (χ1) is 6.13. The zero-order valence-electron chi connectivity index (χ0n) is 7.72. The van der Waals surface area contributed by atoms with E-state index in [1.165, 1.54) is 6.42 Å². The van der Waals surface area contributed by atoms with Crippen LogP contribution in [0.5, 0.6) is 0 Å². The van der Waals surface area contributed by atoms with Crippen molar-refractivity contribution < 1.29 is 4.39 Å². The molecule has 4 aliphatic rings. The zero-order valence-corrected chi connectivity index (χ0v) is 7.72. The highest BCUT2D eigenvalue weighted by molar-refractivity contribution is 5.15. The van der Waals surface area contributed by atoms with Crippen molar-refractivity contribution in [1.29, 1.82) is 5.26 Å². The van der Waals surface area contributed by atoms with Crippen LogP contribution in [-0.2, 0) is 0 Å². The second-order valence-electron chi connectivity index (χ2n) is 5.50. The van der Waals surface area contributed by atoms with E-state index < -0.39 is 5.67 Å². The van der Waals surface area contributed by atoms with Crippen LogP contribution >= 0.6 is 0 Å². The number of alkyl halides is 1. The molecule has 4 aliphatic carbocycles. The highest BCUT2D eigenvalue weighted by atomic mass is 19.1. The maximum Gasteiger partial charge on any atom is 0.113 e. The van der Waals surface area contributed by atoms with Crippen molar-refractivity contribution in [3.8, 4) is 6.07 Å². The van der Waals surface area contributed by atoms with Crippen LogP contribution in [0.4, 0.5) is 4.39 Å². The molecule has 4 rings (SSSR count). The van der Waals surface area contributed by atoms with Gasteiger partial charge in [-0.3, -0.25) is 0 Å². The van der Waals surface area contributed by atoms with E-state index in [0.717, 1.165) is 25.7 Å². The van der Waals surface area contributed by atoms with E-state index in [0.29, 0.717) is 18.3 Å². The van der Waals surface area contributed by atoms with Gasteiger partial charge in [0.25, 0.3) is 0 Å². The summed E-state index contributed by atoms with van der Waals surface area (Å²) in [6, 6.07) is 2.39. The quantitative estimate of drug-likeness (QED) is 0.561. The van der Waals surface area contributed by atoms with E-state index in [1.54, 1.807) is 0 Å². The minimum atomic E-state index is -0.959. The first-order valence-electron chi connectivity index (χ1n) is 5.23. The van der Waals surface area contributed by atoms with Gasteiger partial charge in [0.05, 0.1) is 11.5 Å². The lowest BCUT2D eigenvalue weighted by Gasteiger charge is -2.56. The Labute approximate surface area is 77.9 Å². The van der Waals surface area contributed by atoms with Crippen LogP contribution < -0.4 is 0 Å². The van der Waals surface area contributed by atoms with Crippen LogP contribution in [0, 0.1) is 28.6 Å². The molecular weight excluding hydrogens is 165 g/mol. The van der Waals surface area contributed by atoms with Gasteiger partial charge in [0.1, 0.15) is 5.67 Å². The van der Waals surface area contributed by atoms with Gasteiger partial charge in [-0.25, -0.2) is 4.39 Å². The number of halogens is 1. The van der Waals surface area contributed by atoms with Crippen molar-refractivity contribution in [2.75, 3.05) is 0 Å². The molecule has 0 aromatic rings. The molecule has 0 saturated heterocycles. The molecule has 70 valence electrons. The van der Waals surface area contributed by atoms with E-state index in [9.17, 15) is 4.39 Å².